The number of piperidine rings is 1. The zero-order valence-electron chi connectivity index (χ0n) is 7.02. The van der Waals surface area contributed by atoms with Crippen LogP contribution >= 0.6 is 23.2 Å². The van der Waals surface area contributed by atoms with Crippen LogP contribution in [0.25, 0.3) is 0 Å². The maximum absolute atomic E-state index is 10.8. The van der Waals surface area contributed by atoms with Gasteiger partial charge in [-0.2, -0.15) is 0 Å². The van der Waals surface area contributed by atoms with Crippen LogP contribution in [0.4, 0.5) is 0 Å². The lowest BCUT2D eigenvalue weighted by Crippen LogP contribution is -2.30. The molecular weight excluding hydrogens is 197 g/mol. The van der Waals surface area contributed by atoms with Gasteiger partial charge in [0.2, 0.25) is 10.4 Å². The zero-order valence-corrected chi connectivity index (χ0v) is 8.53. The number of carbonyl (C=O) groups is 1. The van der Waals surface area contributed by atoms with Gasteiger partial charge >= 0.3 is 0 Å². The molecule has 1 aliphatic heterocycles. The van der Waals surface area contributed by atoms with E-state index in [4.69, 9.17) is 23.2 Å². The van der Waals surface area contributed by atoms with Crippen LogP contribution in [0.1, 0.15) is 19.8 Å². The standard InChI is InChI=1S/C8H12Cl2NO/c1-6(9)11-4-2-7(3-5-11)8(10)12/h7H,2-5H2,1H3/q+1. The van der Waals surface area contributed by atoms with Crippen molar-refractivity contribution in [1.29, 1.82) is 0 Å². The summed E-state index contributed by atoms with van der Waals surface area (Å²) in [7, 11) is 0. The summed E-state index contributed by atoms with van der Waals surface area (Å²) in [5, 5.41) is 0.595. The first kappa shape index (κ1) is 10.0. The van der Waals surface area contributed by atoms with E-state index < -0.39 is 0 Å². The van der Waals surface area contributed by atoms with E-state index in [9.17, 15) is 4.79 Å². The van der Waals surface area contributed by atoms with Crippen LogP contribution in [0.5, 0.6) is 0 Å². The average molecular weight is 209 g/mol. The van der Waals surface area contributed by atoms with Gasteiger partial charge < -0.3 is 0 Å². The molecule has 1 saturated heterocycles. The number of nitrogens with zero attached hydrogens (tertiary/aromatic N) is 1. The lowest BCUT2D eigenvalue weighted by Gasteiger charge is -2.16. The van der Waals surface area contributed by atoms with Crippen molar-refractivity contribution in [1.82, 2.24) is 0 Å². The maximum Gasteiger partial charge on any atom is 0.241 e. The van der Waals surface area contributed by atoms with E-state index in [2.05, 4.69) is 4.58 Å². The van der Waals surface area contributed by atoms with Crippen molar-refractivity contribution in [3.63, 3.8) is 0 Å². The molecule has 0 atom stereocenters. The van der Waals surface area contributed by atoms with Crippen LogP contribution in [-0.2, 0) is 4.79 Å². The van der Waals surface area contributed by atoms with E-state index in [-0.39, 0.29) is 11.2 Å². The molecule has 0 aliphatic carbocycles. The van der Waals surface area contributed by atoms with E-state index in [0.29, 0.717) is 0 Å². The lowest BCUT2D eigenvalue weighted by atomic mass is 9.99. The van der Waals surface area contributed by atoms with E-state index in [1.54, 1.807) is 0 Å². The molecule has 4 heteroatoms. The molecule has 0 spiro atoms. The Balaban J connectivity index is 2.51. The molecule has 1 heterocycles. The fourth-order valence-electron chi connectivity index (χ4n) is 1.41. The Morgan fingerprint density at radius 2 is 1.83 bits per heavy atom. The topological polar surface area (TPSA) is 20.1 Å². The first-order chi connectivity index (χ1) is 5.61. The molecule has 0 aromatic carbocycles. The molecular formula is C8H12Cl2NO+. The Morgan fingerprint density at radius 3 is 2.17 bits per heavy atom. The molecule has 1 fully saturated rings. The van der Waals surface area contributed by atoms with Crippen molar-refractivity contribution in [2.24, 2.45) is 5.92 Å². The molecule has 0 unspecified atom stereocenters. The van der Waals surface area contributed by atoms with E-state index >= 15 is 0 Å². The predicted octanol–water partition coefficient (Wildman–Crippen LogP) is 1.83. The molecule has 0 N–H and O–H groups in total. The third kappa shape index (κ3) is 2.46. The van der Waals surface area contributed by atoms with Crippen molar-refractivity contribution in [2.45, 2.75) is 19.8 Å². The van der Waals surface area contributed by atoms with Gasteiger partial charge in [0.15, 0.2) is 0 Å². The molecule has 0 saturated carbocycles. The number of rotatable bonds is 1. The van der Waals surface area contributed by atoms with Crippen LogP contribution < -0.4 is 0 Å². The highest BCUT2D eigenvalue weighted by molar-refractivity contribution is 6.64. The van der Waals surface area contributed by atoms with Crippen LogP contribution in [0.3, 0.4) is 0 Å². The number of carbonyl (C=O) groups excluding carboxylic acids is 1. The van der Waals surface area contributed by atoms with Gasteiger partial charge in [-0.05, 0) is 23.2 Å². The quantitative estimate of drug-likeness (QED) is 0.476. The van der Waals surface area contributed by atoms with Crippen LogP contribution in [-0.4, -0.2) is 28.1 Å². The third-order valence-electron chi connectivity index (χ3n) is 2.25. The molecule has 1 rings (SSSR count). The molecule has 2 nitrogen and oxygen atoms in total. The fourth-order valence-corrected chi connectivity index (χ4v) is 1.80. The molecule has 0 amide bonds. The first-order valence-electron chi connectivity index (χ1n) is 4.04. The highest BCUT2D eigenvalue weighted by atomic mass is 35.5. The van der Waals surface area contributed by atoms with Crippen molar-refractivity contribution in [2.75, 3.05) is 13.1 Å². The summed E-state index contributed by atoms with van der Waals surface area (Å²) in [5.74, 6) is 0.0407. The molecule has 0 aromatic heterocycles. The molecule has 12 heavy (non-hydrogen) atoms. The highest BCUT2D eigenvalue weighted by Gasteiger charge is 2.26. The van der Waals surface area contributed by atoms with E-state index in [1.165, 1.54) is 0 Å². The second-order valence-electron chi connectivity index (χ2n) is 3.06. The molecule has 0 aromatic rings. The minimum Gasteiger partial charge on any atom is -0.281 e. The largest absolute Gasteiger partial charge is 0.281 e. The second kappa shape index (κ2) is 4.24. The number of halogens is 2. The van der Waals surface area contributed by atoms with E-state index in [1.807, 2.05) is 6.92 Å². The Kier molecular flexibility index (Phi) is 3.53. The van der Waals surface area contributed by atoms with Gasteiger partial charge in [-0.1, -0.05) is 0 Å². The van der Waals surface area contributed by atoms with Crippen molar-refractivity contribution in [3.8, 4) is 0 Å². The number of hydrogen-bond donors (Lipinski definition) is 0. The molecule has 68 valence electrons. The van der Waals surface area contributed by atoms with Crippen molar-refractivity contribution in [3.05, 3.63) is 0 Å². The Hall–Kier alpha value is -0.0800. The molecule has 0 radical (unpaired) electrons. The van der Waals surface area contributed by atoms with Gasteiger partial charge in [-0.15, -0.1) is 0 Å². The van der Waals surface area contributed by atoms with Gasteiger partial charge in [0.05, 0.1) is 0 Å². The summed E-state index contributed by atoms with van der Waals surface area (Å²) >= 11 is 11.2. The number of hydrogen-bond acceptors (Lipinski definition) is 1. The first-order valence-corrected chi connectivity index (χ1v) is 4.80. The SMILES string of the molecule is CC(Cl)=[N+]1CCC(C(=O)Cl)CC1. The average Bonchev–Trinajstić information content (AvgIpc) is 2.04. The predicted molar refractivity (Wildman–Crippen MR) is 50.1 cm³/mol. The summed E-state index contributed by atoms with van der Waals surface area (Å²) in [5.41, 5.74) is 0. The van der Waals surface area contributed by atoms with E-state index in [0.717, 1.165) is 31.1 Å². The second-order valence-corrected chi connectivity index (χ2v) is 3.98. The Morgan fingerprint density at radius 1 is 1.33 bits per heavy atom. The van der Waals surface area contributed by atoms with Crippen LogP contribution in [0, 0.1) is 5.92 Å². The van der Waals surface area contributed by atoms with Gasteiger partial charge in [0, 0.05) is 25.7 Å². The summed E-state index contributed by atoms with van der Waals surface area (Å²) in [6.07, 6.45) is 1.65. The minimum atomic E-state index is -0.207. The van der Waals surface area contributed by atoms with Crippen LogP contribution in [0.15, 0.2) is 0 Å². The summed E-state index contributed by atoms with van der Waals surface area (Å²) in [6.45, 7) is 3.56. The van der Waals surface area contributed by atoms with Gasteiger partial charge in [0.25, 0.3) is 0 Å². The van der Waals surface area contributed by atoms with Gasteiger partial charge in [0.1, 0.15) is 13.1 Å². The maximum atomic E-state index is 10.8. The highest BCUT2D eigenvalue weighted by Crippen LogP contribution is 2.17. The van der Waals surface area contributed by atoms with Crippen LogP contribution in [0.2, 0.25) is 0 Å². The van der Waals surface area contributed by atoms with Crippen molar-refractivity contribution < 1.29 is 9.37 Å². The normalized spacial score (nSPS) is 23.9. The van der Waals surface area contributed by atoms with Gasteiger partial charge in [-0.3, -0.25) is 4.79 Å². The third-order valence-corrected chi connectivity index (χ3v) is 2.80. The summed E-state index contributed by atoms with van der Waals surface area (Å²) < 4.78 is 2.07. The molecule has 0 bridgehead atoms. The molecule has 1 aliphatic rings. The summed E-state index contributed by atoms with van der Waals surface area (Å²) in [4.78, 5) is 10.8. The summed E-state index contributed by atoms with van der Waals surface area (Å²) in [6, 6.07) is 0. The van der Waals surface area contributed by atoms with Gasteiger partial charge in [-0.25, -0.2) is 4.58 Å². The Bertz CT molecular complexity index is 211. The van der Waals surface area contributed by atoms with Crippen molar-refractivity contribution >= 4 is 33.6 Å². The smallest absolute Gasteiger partial charge is 0.241 e. The minimum absolute atomic E-state index is 0.0407. The lowest BCUT2D eigenvalue weighted by molar-refractivity contribution is -0.537. The Labute approximate surface area is 82.2 Å². The fraction of sp³-hybridized carbons (Fsp3) is 0.750. The zero-order chi connectivity index (χ0) is 9.14. The monoisotopic (exact) mass is 208 g/mol.